The Morgan fingerprint density at radius 3 is 2.55 bits per heavy atom. The van der Waals surface area contributed by atoms with E-state index < -0.39 is 28.9 Å². The summed E-state index contributed by atoms with van der Waals surface area (Å²) in [6, 6.07) is 9.74. The minimum absolute atomic E-state index is 0.0287. The highest BCUT2D eigenvalue weighted by Gasteiger charge is 2.26. The molecule has 1 fully saturated rings. The van der Waals surface area contributed by atoms with Crippen LogP contribution in [-0.4, -0.2) is 36.0 Å². The fourth-order valence-electron chi connectivity index (χ4n) is 2.73. The van der Waals surface area contributed by atoms with Gasteiger partial charge in [0, 0.05) is 6.07 Å². The number of benzene rings is 2. The van der Waals surface area contributed by atoms with Crippen LogP contribution < -0.4 is 15.8 Å². The number of nitro groups is 1. The number of rotatable bonds is 7. The molecule has 11 heteroatoms. The maximum absolute atomic E-state index is 11.5. The monoisotopic (exact) mass is 427 g/mol. The van der Waals surface area contributed by atoms with E-state index >= 15 is 0 Å². The van der Waals surface area contributed by atoms with Gasteiger partial charge in [0.1, 0.15) is 11.8 Å². The maximum atomic E-state index is 11.5. The summed E-state index contributed by atoms with van der Waals surface area (Å²) < 4.78 is 14.9. The standard InChI is InChI=1S/C20H17N3O8/c1-29-19(25)14(21)8-11-2-5-13(6-3-11)30-16-7-4-12(9-15(16)23(27)28)10-17-18(24)22-20(26)31-17/h2-7,9-10,14H,8,21H2,1H3,(H,22,24,26)/b17-10+. The Balaban J connectivity index is 1.77. The zero-order valence-corrected chi connectivity index (χ0v) is 16.2. The Morgan fingerprint density at radius 1 is 1.26 bits per heavy atom. The Kier molecular flexibility index (Phi) is 6.26. The number of cyclic esters (lactones) is 1. The molecular weight excluding hydrogens is 410 g/mol. The van der Waals surface area contributed by atoms with Gasteiger partial charge in [0.15, 0.2) is 5.76 Å². The van der Waals surface area contributed by atoms with Gasteiger partial charge in [-0.25, -0.2) is 4.79 Å². The molecule has 3 N–H and O–H groups in total. The fourth-order valence-corrected chi connectivity index (χ4v) is 2.73. The van der Waals surface area contributed by atoms with E-state index in [0.717, 1.165) is 5.56 Å². The third-order valence-corrected chi connectivity index (χ3v) is 4.23. The molecule has 31 heavy (non-hydrogen) atoms. The van der Waals surface area contributed by atoms with Crippen molar-refractivity contribution < 1.29 is 33.5 Å². The topological polar surface area (TPSA) is 160 Å². The number of carbonyl (C=O) groups excluding carboxylic acids is 3. The highest BCUT2D eigenvalue weighted by atomic mass is 16.6. The molecule has 0 radical (unpaired) electrons. The second-order valence-corrected chi connectivity index (χ2v) is 6.42. The molecule has 2 aromatic carbocycles. The first-order valence-corrected chi connectivity index (χ1v) is 8.90. The van der Waals surface area contributed by atoms with Crippen molar-refractivity contribution in [1.29, 1.82) is 0 Å². The molecular formula is C20H17N3O8. The lowest BCUT2D eigenvalue weighted by Crippen LogP contribution is -2.33. The third kappa shape index (κ3) is 5.22. The molecule has 2 amide bonds. The lowest BCUT2D eigenvalue weighted by Gasteiger charge is -2.10. The Bertz CT molecular complexity index is 1080. The molecule has 0 aromatic heterocycles. The quantitative estimate of drug-likeness (QED) is 0.291. The molecule has 0 aliphatic carbocycles. The van der Waals surface area contributed by atoms with Crippen molar-refractivity contribution in [3.8, 4) is 11.5 Å². The van der Waals surface area contributed by atoms with Crippen LogP contribution in [0.3, 0.4) is 0 Å². The molecule has 2 aromatic rings. The first kappa shape index (κ1) is 21.5. The van der Waals surface area contributed by atoms with Crippen molar-refractivity contribution in [1.82, 2.24) is 5.32 Å². The lowest BCUT2D eigenvalue weighted by molar-refractivity contribution is -0.385. The predicted octanol–water partition coefficient (Wildman–Crippen LogP) is 2.04. The summed E-state index contributed by atoms with van der Waals surface area (Å²) in [6.45, 7) is 0. The van der Waals surface area contributed by atoms with Gasteiger partial charge in [-0.05, 0) is 41.8 Å². The SMILES string of the molecule is COC(=O)C(N)Cc1ccc(Oc2ccc(/C=C3/OC(=O)NC3=O)cc2[N+](=O)[O-])cc1. The van der Waals surface area contributed by atoms with Gasteiger partial charge < -0.3 is 19.9 Å². The van der Waals surface area contributed by atoms with E-state index in [1.807, 2.05) is 5.32 Å². The lowest BCUT2D eigenvalue weighted by atomic mass is 10.1. The summed E-state index contributed by atoms with van der Waals surface area (Å²) in [4.78, 5) is 44.9. The number of nitro benzene ring substituents is 1. The predicted molar refractivity (Wildman–Crippen MR) is 106 cm³/mol. The largest absolute Gasteiger partial charge is 0.468 e. The van der Waals surface area contributed by atoms with E-state index in [1.165, 1.54) is 31.4 Å². The molecule has 0 bridgehead atoms. The first-order valence-electron chi connectivity index (χ1n) is 8.90. The van der Waals surface area contributed by atoms with Crippen molar-refractivity contribution in [2.75, 3.05) is 7.11 Å². The number of ether oxygens (including phenoxy) is 3. The number of imide groups is 1. The van der Waals surface area contributed by atoms with Crippen molar-refractivity contribution >= 4 is 29.7 Å². The molecule has 1 unspecified atom stereocenters. The number of esters is 1. The van der Waals surface area contributed by atoms with Crippen molar-refractivity contribution in [3.05, 3.63) is 69.5 Å². The molecule has 11 nitrogen and oxygen atoms in total. The van der Waals surface area contributed by atoms with Crippen molar-refractivity contribution in [2.24, 2.45) is 5.73 Å². The zero-order chi connectivity index (χ0) is 22.5. The van der Waals surface area contributed by atoms with Gasteiger partial charge in [-0.1, -0.05) is 18.2 Å². The summed E-state index contributed by atoms with van der Waals surface area (Å²) in [5, 5.41) is 13.4. The van der Waals surface area contributed by atoms with Crippen LogP contribution in [0.2, 0.25) is 0 Å². The van der Waals surface area contributed by atoms with Crippen LogP contribution in [0.15, 0.2) is 48.2 Å². The van der Waals surface area contributed by atoms with Gasteiger partial charge in [0.05, 0.1) is 12.0 Å². The number of nitrogens with one attached hydrogen (secondary N) is 1. The summed E-state index contributed by atoms with van der Waals surface area (Å²) in [7, 11) is 1.25. The molecule has 0 spiro atoms. The highest BCUT2D eigenvalue weighted by molar-refractivity contribution is 6.09. The number of hydrogen-bond donors (Lipinski definition) is 2. The van der Waals surface area contributed by atoms with Gasteiger partial charge in [-0.3, -0.25) is 25.0 Å². The number of alkyl carbamates (subject to hydrolysis) is 1. The van der Waals surface area contributed by atoms with Crippen LogP contribution in [0.5, 0.6) is 11.5 Å². The molecule has 160 valence electrons. The Hall–Kier alpha value is -4.25. The Labute approximate surface area is 175 Å². The second-order valence-electron chi connectivity index (χ2n) is 6.42. The van der Waals surface area contributed by atoms with Gasteiger partial charge in [-0.15, -0.1) is 0 Å². The molecule has 3 rings (SSSR count). The molecule has 1 saturated heterocycles. The van der Waals surface area contributed by atoms with E-state index in [0.29, 0.717) is 5.75 Å². The average molecular weight is 427 g/mol. The van der Waals surface area contributed by atoms with Crippen LogP contribution in [0.1, 0.15) is 11.1 Å². The summed E-state index contributed by atoms with van der Waals surface area (Å²) in [6.07, 6.45) is 0.548. The number of methoxy groups -OCH3 is 1. The van der Waals surface area contributed by atoms with Gasteiger partial charge >= 0.3 is 17.7 Å². The van der Waals surface area contributed by atoms with Crippen LogP contribution in [0.4, 0.5) is 10.5 Å². The van der Waals surface area contributed by atoms with E-state index in [4.69, 9.17) is 10.5 Å². The number of nitrogens with zero attached hydrogens (tertiary/aromatic N) is 1. The molecule has 1 aliphatic rings. The smallest absolute Gasteiger partial charge is 0.419 e. The van der Waals surface area contributed by atoms with Gasteiger partial charge in [0.2, 0.25) is 5.75 Å². The average Bonchev–Trinajstić information content (AvgIpc) is 3.06. The maximum Gasteiger partial charge on any atom is 0.419 e. The minimum Gasteiger partial charge on any atom is -0.468 e. The first-order chi connectivity index (χ1) is 14.8. The van der Waals surface area contributed by atoms with Crippen LogP contribution in [-0.2, 0) is 25.5 Å². The van der Waals surface area contributed by atoms with Crippen molar-refractivity contribution in [3.63, 3.8) is 0 Å². The summed E-state index contributed by atoms with van der Waals surface area (Å²) >= 11 is 0. The number of carbonyl (C=O) groups is 3. The summed E-state index contributed by atoms with van der Waals surface area (Å²) in [5.41, 5.74) is 6.40. The number of amides is 2. The van der Waals surface area contributed by atoms with Crippen LogP contribution in [0, 0.1) is 10.1 Å². The van der Waals surface area contributed by atoms with E-state index in [2.05, 4.69) is 9.47 Å². The van der Waals surface area contributed by atoms with Crippen molar-refractivity contribution in [2.45, 2.75) is 12.5 Å². The zero-order valence-electron chi connectivity index (χ0n) is 16.2. The van der Waals surface area contributed by atoms with Crippen LogP contribution >= 0.6 is 0 Å². The molecule has 1 heterocycles. The Morgan fingerprint density at radius 2 is 1.97 bits per heavy atom. The third-order valence-electron chi connectivity index (χ3n) is 4.23. The molecule has 1 aliphatic heterocycles. The van der Waals surface area contributed by atoms with Gasteiger partial charge in [-0.2, -0.15) is 0 Å². The fraction of sp³-hybridized carbons (Fsp3) is 0.150. The number of hydrogen-bond acceptors (Lipinski definition) is 9. The van der Waals surface area contributed by atoms with E-state index in [1.54, 1.807) is 24.3 Å². The summed E-state index contributed by atoms with van der Waals surface area (Å²) in [5.74, 6) is -1.24. The second kappa shape index (κ2) is 9.05. The van der Waals surface area contributed by atoms with Crippen LogP contribution in [0.25, 0.3) is 6.08 Å². The highest BCUT2D eigenvalue weighted by Crippen LogP contribution is 2.33. The minimum atomic E-state index is -0.915. The van der Waals surface area contributed by atoms with E-state index in [9.17, 15) is 24.5 Å². The number of nitrogens with two attached hydrogens (primary N) is 1. The van der Waals surface area contributed by atoms with E-state index in [-0.39, 0.29) is 29.2 Å². The van der Waals surface area contributed by atoms with Gasteiger partial charge in [0.25, 0.3) is 5.91 Å². The molecule has 1 atom stereocenters. The normalized spacial score (nSPS) is 15.2. The molecule has 0 saturated carbocycles.